The summed E-state index contributed by atoms with van der Waals surface area (Å²) in [6.45, 7) is 4.47. The van der Waals surface area contributed by atoms with Crippen LogP contribution in [-0.2, 0) is 14.4 Å². The predicted molar refractivity (Wildman–Crippen MR) is 57.8 cm³/mol. The minimum Gasteiger partial charge on any atom is -0.480 e. The van der Waals surface area contributed by atoms with Crippen LogP contribution in [0.1, 0.15) is 27.2 Å². The molecule has 0 aromatic rings. The number of hydrogen-bond acceptors (Lipinski definition) is 3. The number of carboxylic acids is 1. The highest BCUT2D eigenvalue weighted by Gasteiger charge is 2.34. The van der Waals surface area contributed by atoms with E-state index in [1.54, 1.807) is 0 Å². The molecule has 0 unspecified atom stereocenters. The van der Waals surface area contributed by atoms with Crippen molar-refractivity contribution in [3.63, 3.8) is 0 Å². The van der Waals surface area contributed by atoms with E-state index in [1.807, 2.05) is 0 Å². The van der Waals surface area contributed by atoms with E-state index < -0.39 is 11.5 Å². The molecule has 0 rings (SSSR count). The SMILES string of the molecule is CC(=O)NCCC(=O)N(C)C(C)(C)C(=O)O. The summed E-state index contributed by atoms with van der Waals surface area (Å²) in [5.74, 6) is -1.60. The molecule has 0 aliphatic rings. The van der Waals surface area contributed by atoms with Crippen LogP contribution in [0.4, 0.5) is 0 Å². The van der Waals surface area contributed by atoms with Crippen molar-refractivity contribution >= 4 is 17.8 Å². The molecular weight excluding hydrogens is 212 g/mol. The Hall–Kier alpha value is -1.59. The lowest BCUT2D eigenvalue weighted by Crippen LogP contribution is -2.51. The van der Waals surface area contributed by atoms with Crippen LogP contribution in [0.15, 0.2) is 0 Å². The molecule has 0 saturated carbocycles. The van der Waals surface area contributed by atoms with Gasteiger partial charge in [0.2, 0.25) is 11.8 Å². The van der Waals surface area contributed by atoms with E-state index in [9.17, 15) is 14.4 Å². The van der Waals surface area contributed by atoms with Crippen LogP contribution in [0.5, 0.6) is 0 Å². The number of carbonyl (C=O) groups excluding carboxylic acids is 2. The number of nitrogens with one attached hydrogen (secondary N) is 1. The zero-order chi connectivity index (χ0) is 12.9. The van der Waals surface area contributed by atoms with Gasteiger partial charge in [-0.1, -0.05) is 0 Å². The number of likely N-dealkylation sites (N-methyl/N-ethyl adjacent to an activating group) is 1. The Morgan fingerprint density at radius 1 is 1.31 bits per heavy atom. The lowest BCUT2D eigenvalue weighted by atomic mass is 10.0. The molecule has 6 nitrogen and oxygen atoms in total. The van der Waals surface area contributed by atoms with Crippen LogP contribution in [0, 0.1) is 0 Å². The van der Waals surface area contributed by atoms with E-state index in [4.69, 9.17) is 5.11 Å². The molecule has 0 heterocycles. The fourth-order valence-electron chi connectivity index (χ4n) is 0.968. The molecule has 0 atom stereocenters. The number of rotatable bonds is 5. The zero-order valence-electron chi connectivity index (χ0n) is 10.0. The van der Waals surface area contributed by atoms with E-state index in [1.165, 1.54) is 27.8 Å². The van der Waals surface area contributed by atoms with Crippen LogP contribution < -0.4 is 5.32 Å². The highest BCUT2D eigenvalue weighted by atomic mass is 16.4. The molecule has 0 saturated heterocycles. The molecule has 0 aliphatic heterocycles. The summed E-state index contributed by atoms with van der Waals surface area (Å²) in [6.07, 6.45) is 0.0901. The third-order valence-electron chi connectivity index (χ3n) is 2.45. The van der Waals surface area contributed by atoms with Crippen LogP contribution in [0.2, 0.25) is 0 Å². The minimum absolute atomic E-state index is 0.0901. The fraction of sp³-hybridized carbons (Fsp3) is 0.700. The maximum Gasteiger partial charge on any atom is 0.329 e. The summed E-state index contributed by atoms with van der Waals surface area (Å²) in [6, 6.07) is 0. The van der Waals surface area contributed by atoms with Crippen LogP contribution in [-0.4, -0.2) is 46.9 Å². The normalized spacial score (nSPS) is 10.8. The van der Waals surface area contributed by atoms with E-state index in [0.29, 0.717) is 0 Å². The number of amides is 2. The zero-order valence-corrected chi connectivity index (χ0v) is 10.0. The maximum absolute atomic E-state index is 11.6. The van der Waals surface area contributed by atoms with Gasteiger partial charge in [-0.25, -0.2) is 4.79 Å². The van der Waals surface area contributed by atoms with Crippen molar-refractivity contribution < 1.29 is 19.5 Å². The summed E-state index contributed by atoms with van der Waals surface area (Å²) >= 11 is 0. The first-order valence-electron chi connectivity index (χ1n) is 4.94. The molecule has 16 heavy (non-hydrogen) atoms. The molecule has 2 N–H and O–H groups in total. The Morgan fingerprint density at radius 3 is 2.19 bits per heavy atom. The van der Waals surface area contributed by atoms with Crippen LogP contribution in [0.3, 0.4) is 0 Å². The second kappa shape index (κ2) is 5.48. The minimum atomic E-state index is -1.24. The Labute approximate surface area is 94.6 Å². The predicted octanol–water partition coefficient (Wildman–Crippen LogP) is -0.166. The monoisotopic (exact) mass is 230 g/mol. The van der Waals surface area contributed by atoms with Crippen molar-refractivity contribution in [1.29, 1.82) is 0 Å². The summed E-state index contributed by atoms with van der Waals surface area (Å²) in [4.78, 5) is 34.2. The van der Waals surface area contributed by atoms with Gasteiger partial charge in [-0.2, -0.15) is 0 Å². The lowest BCUT2D eigenvalue weighted by Gasteiger charge is -2.31. The average Bonchev–Trinajstić information content (AvgIpc) is 2.15. The summed E-state index contributed by atoms with van der Waals surface area (Å²) in [5.41, 5.74) is -1.24. The molecule has 0 aromatic carbocycles. The molecule has 0 aliphatic carbocycles. The third kappa shape index (κ3) is 3.88. The molecule has 0 fully saturated rings. The molecule has 0 aromatic heterocycles. The van der Waals surface area contributed by atoms with Gasteiger partial charge in [-0.15, -0.1) is 0 Å². The van der Waals surface area contributed by atoms with Crippen molar-refractivity contribution in [2.45, 2.75) is 32.7 Å². The van der Waals surface area contributed by atoms with Gasteiger partial charge < -0.3 is 15.3 Å². The lowest BCUT2D eigenvalue weighted by molar-refractivity contribution is -0.155. The van der Waals surface area contributed by atoms with Gasteiger partial charge in [0.25, 0.3) is 0 Å². The van der Waals surface area contributed by atoms with Gasteiger partial charge in [0.05, 0.1) is 0 Å². The van der Waals surface area contributed by atoms with E-state index in [2.05, 4.69) is 5.32 Å². The van der Waals surface area contributed by atoms with E-state index >= 15 is 0 Å². The van der Waals surface area contributed by atoms with Gasteiger partial charge >= 0.3 is 5.97 Å². The number of carboxylic acid groups (broad SMARTS) is 1. The topological polar surface area (TPSA) is 86.7 Å². The van der Waals surface area contributed by atoms with Crippen molar-refractivity contribution in [1.82, 2.24) is 10.2 Å². The van der Waals surface area contributed by atoms with Crippen molar-refractivity contribution in [2.24, 2.45) is 0 Å². The maximum atomic E-state index is 11.6. The molecule has 92 valence electrons. The third-order valence-corrected chi connectivity index (χ3v) is 2.45. The number of hydrogen-bond donors (Lipinski definition) is 2. The highest BCUT2D eigenvalue weighted by molar-refractivity contribution is 5.86. The first-order valence-corrected chi connectivity index (χ1v) is 4.94. The fourth-order valence-corrected chi connectivity index (χ4v) is 0.968. The smallest absolute Gasteiger partial charge is 0.329 e. The van der Waals surface area contributed by atoms with Gasteiger partial charge in [-0.05, 0) is 13.8 Å². The van der Waals surface area contributed by atoms with Crippen molar-refractivity contribution in [3.05, 3.63) is 0 Å². The Kier molecular flexibility index (Phi) is 4.94. The summed E-state index contributed by atoms with van der Waals surface area (Å²) in [7, 11) is 1.43. The number of aliphatic carboxylic acids is 1. The summed E-state index contributed by atoms with van der Waals surface area (Å²) < 4.78 is 0. The first kappa shape index (κ1) is 14.4. The number of nitrogens with zero attached hydrogens (tertiary/aromatic N) is 1. The van der Waals surface area contributed by atoms with Crippen molar-refractivity contribution in [3.8, 4) is 0 Å². The van der Waals surface area contributed by atoms with Gasteiger partial charge in [-0.3, -0.25) is 9.59 Å². The molecule has 0 radical (unpaired) electrons. The van der Waals surface area contributed by atoms with Crippen LogP contribution in [0.25, 0.3) is 0 Å². The second-order valence-corrected chi connectivity index (χ2v) is 4.05. The van der Waals surface area contributed by atoms with Crippen LogP contribution >= 0.6 is 0 Å². The van der Waals surface area contributed by atoms with Crippen molar-refractivity contribution in [2.75, 3.05) is 13.6 Å². The largest absolute Gasteiger partial charge is 0.480 e. The Bertz CT molecular complexity index is 299. The van der Waals surface area contributed by atoms with Gasteiger partial charge in [0.1, 0.15) is 5.54 Å². The second-order valence-electron chi connectivity index (χ2n) is 4.05. The standard InChI is InChI=1S/C10H18N2O4/c1-7(13)11-6-5-8(14)12(4)10(2,3)9(15)16/h5-6H2,1-4H3,(H,11,13)(H,15,16). The molecular formula is C10H18N2O4. The first-order chi connectivity index (χ1) is 7.19. The average molecular weight is 230 g/mol. The van der Waals surface area contributed by atoms with E-state index in [-0.39, 0.29) is 24.8 Å². The Morgan fingerprint density at radius 2 is 1.81 bits per heavy atom. The van der Waals surface area contributed by atoms with E-state index in [0.717, 1.165) is 4.90 Å². The molecule has 0 bridgehead atoms. The molecule has 6 heteroatoms. The number of carbonyl (C=O) groups is 3. The van der Waals surface area contributed by atoms with Gasteiger partial charge in [0.15, 0.2) is 0 Å². The van der Waals surface area contributed by atoms with Gasteiger partial charge in [0, 0.05) is 26.9 Å². The Balaban J connectivity index is 4.29. The molecule has 2 amide bonds. The highest BCUT2D eigenvalue weighted by Crippen LogP contribution is 2.13. The summed E-state index contributed by atoms with van der Waals surface area (Å²) in [5, 5.41) is 11.4. The quantitative estimate of drug-likeness (QED) is 0.686. The molecule has 0 spiro atoms.